The van der Waals surface area contributed by atoms with Crippen molar-refractivity contribution in [3.05, 3.63) is 137 Å². The van der Waals surface area contributed by atoms with Crippen LogP contribution in [-0.2, 0) is 18.1 Å². The number of pyridine rings is 1. The second kappa shape index (κ2) is 9.51. The number of benzene rings is 3. The maximum Gasteiger partial charge on any atom is 0.416 e. The van der Waals surface area contributed by atoms with Crippen LogP contribution in [0.4, 0.5) is 13.2 Å². The Kier molecular flexibility index (Phi) is 6.50. The van der Waals surface area contributed by atoms with Crippen LogP contribution in [0.2, 0.25) is 0 Å². The number of halogens is 3. The normalized spacial score (nSPS) is 13.2. The van der Waals surface area contributed by atoms with Crippen LogP contribution in [-0.4, -0.2) is 10.9 Å². The molecule has 4 rings (SSSR count). The number of nitrogens with zero attached hydrogens (tertiary/aromatic N) is 1. The Balaban J connectivity index is 1.96. The molecule has 1 amide bonds. The van der Waals surface area contributed by atoms with Gasteiger partial charge in [-0.05, 0) is 60.0 Å². The summed E-state index contributed by atoms with van der Waals surface area (Å²) in [5, 5.41) is 3.06. The van der Waals surface area contributed by atoms with Gasteiger partial charge in [-0.25, -0.2) is 0 Å². The van der Waals surface area contributed by atoms with Gasteiger partial charge in [-0.3, -0.25) is 9.78 Å². The average Bonchev–Trinajstić information content (AvgIpc) is 2.84. The van der Waals surface area contributed by atoms with Crippen molar-refractivity contribution in [3.8, 4) is 0 Å². The molecular formula is C28H23F3N2O. The summed E-state index contributed by atoms with van der Waals surface area (Å²) in [5.41, 5.74) is 0.749. The summed E-state index contributed by atoms with van der Waals surface area (Å²) in [7, 11) is 0. The Bertz CT molecular complexity index is 1270. The molecule has 0 radical (unpaired) electrons. The fourth-order valence-electron chi connectivity index (χ4n) is 4.01. The number of amides is 1. The molecule has 0 saturated carbocycles. The Labute approximate surface area is 196 Å². The minimum absolute atomic E-state index is 0.212. The largest absolute Gasteiger partial charge is 0.416 e. The summed E-state index contributed by atoms with van der Waals surface area (Å²) in [6.45, 7) is 1.88. The van der Waals surface area contributed by atoms with E-state index in [9.17, 15) is 18.0 Å². The van der Waals surface area contributed by atoms with E-state index in [2.05, 4.69) is 10.3 Å². The molecule has 3 aromatic carbocycles. The summed E-state index contributed by atoms with van der Waals surface area (Å²) in [4.78, 5) is 17.9. The Morgan fingerprint density at radius 3 is 2.12 bits per heavy atom. The van der Waals surface area contributed by atoms with Gasteiger partial charge in [0.05, 0.1) is 11.3 Å². The number of carbonyl (C=O) groups is 1. The number of hydrogen-bond acceptors (Lipinski definition) is 2. The van der Waals surface area contributed by atoms with Crippen molar-refractivity contribution in [2.24, 2.45) is 0 Å². The lowest BCUT2D eigenvalue weighted by atomic mass is 9.79. The fraction of sp³-hybridized carbons (Fsp3) is 0.143. The molecule has 34 heavy (non-hydrogen) atoms. The average molecular weight is 460 g/mol. The van der Waals surface area contributed by atoms with Crippen molar-refractivity contribution in [2.45, 2.75) is 25.1 Å². The van der Waals surface area contributed by atoms with Gasteiger partial charge in [0.15, 0.2) is 0 Å². The van der Waals surface area contributed by atoms with E-state index < -0.39 is 23.2 Å². The van der Waals surface area contributed by atoms with Gasteiger partial charge in [-0.15, -0.1) is 0 Å². The highest BCUT2D eigenvalue weighted by Crippen LogP contribution is 2.37. The van der Waals surface area contributed by atoms with Crippen molar-refractivity contribution in [1.82, 2.24) is 10.3 Å². The van der Waals surface area contributed by atoms with Gasteiger partial charge in [0.25, 0.3) is 5.91 Å². The van der Waals surface area contributed by atoms with E-state index >= 15 is 0 Å². The van der Waals surface area contributed by atoms with Crippen LogP contribution < -0.4 is 5.32 Å². The predicted molar refractivity (Wildman–Crippen MR) is 125 cm³/mol. The molecule has 172 valence electrons. The molecular weight excluding hydrogens is 437 g/mol. The van der Waals surface area contributed by atoms with E-state index in [1.165, 1.54) is 6.07 Å². The summed E-state index contributed by atoms with van der Waals surface area (Å²) in [5.74, 6) is -0.405. The highest BCUT2D eigenvalue weighted by Gasteiger charge is 2.40. The van der Waals surface area contributed by atoms with Gasteiger partial charge in [-0.2, -0.15) is 13.2 Å². The predicted octanol–water partition coefficient (Wildman–Crippen LogP) is 6.33. The first-order chi connectivity index (χ1) is 16.3. The number of nitrogens with one attached hydrogen (secondary N) is 1. The summed E-state index contributed by atoms with van der Waals surface area (Å²) >= 11 is 0. The third kappa shape index (κ3) is 5.01. The zero-order valence-corrected chi connectivity index (χ0v) is 18.5. The third-order valence-electron chi connectivity index (χ3n) is 5.71. The smallest absolute Gasteiger partial charge is 0.337 e. The lowest BCUT2D eigenvalue weighted by molar-refractivity contribution is -0.137. The lowest BCUT2D eigenvalue weighted by Crippen LogP contribution is -2.49. The SMILES string of the molecule is Cc1ccnc(C(Cc2ccccc2)(NC(=O)c2ccccc2)c2cccc(C(F)(F)F)c2)c1. The minimum Gasteiger partial charge on any atom is -0.337 e. The molecule has 1 unspecified atom stereocenters. The number of aromatic nitrogens is 1. The number of aryl methyl sites for hydroxylation is 1. The van der Waals surface area contributed by atoms with Crippen LogP contribution in [0, 0.1) is 6.92 Å². The van der Waals surface area contributed by atoms with Crippen molar-refractivity contribution in [3.63, 3.8) is 0 Å². The van der Waals surface area contributed by atoms with Gasteiger partial charge in [0.2, 0.25) is 0 Å². The lowest BCUT2D eigenvalue weighted by Gasteiger charge is -2.36. The quantitative estimate of drug-likeness (QED) is 0.366. The van der Waals surface area contributed by atoms with Crippen LogP contribution in [0.15, 0.2) is 103 Å². The number of rotatable bonds is 6. The first-order valence-electron chi connectivity index (χ1n) is 10.8. The molecule has 6 heteroatoms. The van der Waals surface area contributed by atoms with Gasteiger partial charge in [0, 0.05) is 18.2 Å². The first-order valence-corrected chi connectivity index (χ1v) is 10.8. The highest BCUT2D eigenvalue weighted by molar-refractivity contribution is 5.95. The van der Waals surface area contributed by atoms with Gasteiger partial charge in [0.1, 0.15) is 5.54 Å². The van der Waals surface area contributed by atoms with Crippen LogP contribution in [0.1, 0.15) is 38.3 Å². The standard InChI is InChI=1S/C28H23F3N2O/c1-20-15-16-32-25(17-20)27(19-21-9-4-2-5-10-21,33-26(34)22-11-6-3-7-12-22)23-13-8-14-24(18-23)28(29,30)31/h2-18H,19H2,1H3,(H,33,34). The number of carbonyl (C=O) groups excluding carboxylic acids is 1. The van der Waals surface area contributed by atoms with E-state index in [0.717, 1.165) is 23.3 Å². The molecule has 0 bridgehead atoms. The Morgan fingerprint density at radius 1 is 0.824 bits per heavy atom. The van der Waals surface area contributed by atoms with E-state index in [0.29, 0.717) is 16.8 Å². The molecule has 1 atom stereocenters. The zero-order valence-electron chi connectivity index (χ0n) is 18.5. The molecule has 1 aromatic heterocycles. The molecule has 1 N–H and O–H groups in total. The van der Waals surface area contributed by atoms with E-state index in [1.54, 1.807) is 48.7 Å². The fourth-order valence-corrected chi connectivity index (χ4v) is 4.01. The third-order valence-corrected chi connectivity index (χ3v) is 5.71. The summed E-state index contributed by atoms with van der Waals surface area (Å²) in [6.07, 6.45) is -2.71. The monoisotopic (exact) mass is 460 g/mol. The van der Waals surface area contributed by atoms with Crippen LogP contribution in [0.5, 0.6) is 0 Å². The molecule has 1 heterocycles. The molecule has 0 aliphatic heterocycles. The second-order valence-electron chi connectivity index (χ2n) is 8.18. The zero-order chi connectivity index (χ0) is 24.2. The molecule has 4 aromatic rings. The summed E-state index contributed by atoms with van der Waals surface area (Å²) < 4.78 is 41.0. The first kappa shape index (κ1) is 23.2. The minimum atomic E-state index is -4.53. The Morgan fingerprint density at radius 2 is 1.47 bits per heavy atom. The second-order valence-corrected chi connectivity index (χ2v) is 8.18. The maximum atomic E-state index is 13.7. The van der Waals surface area contributed by atoms with Gasteiger partial charge < -0.3 is 5.32 Å². The molecule has 0 aliphatic rings. The number of hydrogen-bond donors (Lipinski definition) is 1. The van der Waals surface area contributed by atoms with Crippen LogP contribution in [0.3, 0.4) is 0 Å². The van der Waals surface area contributed by atoms with Gasteiger partial charge >= 0.3 is 6.18 Å². The number of alkyl halides is 3. The molecule has 0 fully saturated rings. The van der Waals surface area contributed by atoms with Crippen molar-refractivity contribution in [2.75, 3.05) is 0 Å². The highest BCUT2D eigenvalue weighted by atomic mass is 19.4. The molecule has 3 nitrogen and oxygen atoms in total. The van der Waals surface area contributed by atoms with Crippen molar-refractivity contribution in [1.29, 1.82) is 0 Å². The maximum absolute atomic E-state index is 13.7. The van der Waals surface area contributed by atoms with Crippen molar-refractivity contribution >= 4 is 5.91 Å². The topological polar surface area (TPSA) is 42.0 Å². The van der Waals surface area contributed by atoms with Crippen molar-refractivity contribution < 1.29 is 18.0 Å². The molecule has 0 spiro atoms. The van der Waals surface area contributed by atoms with E-state index in [4.69, 9.17) is 0 Å². The van der Waals surface area contributed by atoms with Crippen LogP contribution >= 0.6 is 0 Å². The van der Waals surface area contributed by atoms with E-state index in [1.807, 2.05) is 43.3 Å². The van der Waals surface area contributed by atoms with Gasteiger partial charge in [-0.1, -0.05) is 60.7 Å². The molecule has 0 aliphatic carbocycles. The summed E-state index contributed by atoms with van der Waals surface area (Å²) in [6, 6.07) is 26.6. The Hall–Kier alpha value is -3.93. The molecule has 0 saturated heterocycles. The van der Waals surface area contributed by atoms with E-state index in [-0.39, 0.29) is 6.42 Å². The van der Waals surface area contributed by atoms with Crippen LogP contribution in [0.25, 0.3) is 0 Å².